The van der Waals surface area contributed by atoms with E-state index in [-0.39, 0.29) is 0 Å². The van der Waals surface area contributed by atoms with Crippen molar-refractivity contribution in [2.45, 2.75) is 57.7 Å². The summed E-state index contributed by atoms with van der Waals surface area (Å²) in [7, 11) is 0. The maximum absolute atomic E-state index is 6.22. The number of para-hydroxylation sites is 1. The summed E-state index contributed by atoms with van der Waals surface area (Å²) in [5.41, 5.74) is 2.24. The van der Waals surface area contributed by atoms with Gasteiger partial charge in [0.15, 0.2) is 0 Å². The molecule has 0 aromatic heterocycles. The molecule has 0 saturated heterocycles. The first-order chi connectivity index (χ1) is 11.8. The van der Waals surface area contributed by atoms with Crippen LogP contribution >= 0.6 is 11.6 Å². The molecule has 1 N–H and O–H groups in total. The first kappa shape index (κ1) is 17.3. The first-order valence-electron chi connectivity index (χ1n) is 9.00. The highest BCUT2D eigenvalue weighted by Gasteiger charge is 2.12. The molecular weight excluding hydrogens is 318 g/mol. The monoisotopic (exact) mass is 343 g/mol. The zero-order valence-corrected chi connectivity index (χ0v) is 14.9. The maximum Gasteiger partial charge on any atom is 0.124 e. The summed E-state index contributed by atoms with van der Waals surface area (Å²) < 4.78 is 6.04. The molecule has 2 nitrogen and oxygen atoms in total. The van der Waals surface area contributed by atoms with Gasteiger partial charge in [-0.2, -0.15) is 0 Å². The van der Waals surface area contributed by atoms with Gasteiger partial charge >= 0.3 is 0 Å². The third-order valence-corrected chi connectivity index (χ3v) is 5.12. The molecule has 24 heavy (non-hydrogen) atoms. The Kier molecular flexibility index (Phi) is 6.57. The van der Waals surface area contributed by atoms with Gasteiger partial charge in [-0.1, -0.05) is 73.7 Å². The van der Waals surface area contributed by atoms with E-state index in [0.29, 0.717) is 12.6 Å². The van der Waals surface area contributed by atoms with Crippen LogP contribution in [0.5, 0.6) is 5.75 Å². The first-order valence-corrected chi connectivity index (χ1v) is 9.38. The van der Waals surface area contributed by atoms with Crippen LogP contribution < -0.4 is 10.1 Å². The van der Waals surface area contributed by atoms with E-state index < -0.39 is 0 Å². The number of rotatable bonds is 6. The van der Waals surface area contributed by atoms with Crippen molar-refractivity contribution >= 4 is 11.6 Å². The molecule has 3 rings (SSSR count). The van der Waals surface area contributed by atoms with Crippen LogP contribution in [-0.2, 0) is 13.2 Å². The standard InChI is InChI=1S/C21H26ClNO/c22-20-13-7-5-10-18(20)16-24-21-14-8-6-9-17(21)15-23-19-11-3-1-2-4-12-19/h5-10,13-14,19,23H,1-4,11-12,15-16H2. The lowest BCUT2D eigenvalue weighted by atomic mass is 10.1. The van der Waals surface area contributed by atoms with Crippen molar-refractivity contribution in [2.75, 3.05) is 0 Å². The second-order valence-electron chi connectivity index (χ2n) is 6.56. The van der Waals surface area contributed by atoms with Crippen molar-refractivity contribution in [3.05, 3.63) is 64.7 Å². The Balaban J connectivity index is 1.59. The summed E-state index contributed by atoms with van der Waals surface area (Å²) in [4.78, 5) is 0. The minimum atomic E-state index is 0.500. The van der Waals surface area contributed by atoms with Gasteiger partial charge in [0.05, 0.1) is 0 Å². The van der Waals surface area contributed by atoms with Crippen molar-refractivity contribution in [3.8, 4) is 5.75 Å². The van der Waals surface area contributed by atoms with Gasteiger partial charge in [-0.15, -0.1) is 0 Å². The molecular formula is C21H26ClNO. The van der Waals surface area contributed by atoms with Gasteiger partial charge < -0.3 is 10.1 Å². The third-order valence-electron chi connectivity index (χ3n) is 4.75. The number of hydrogen-bond acceptors (Lipinski definition) is 2. The average molecular weight is 344 g/mol. The predicted octanol–water partition coefficient (Wildman–Crippen LogP) is 5.73. The van der Waals surface area contributed by atoms with Crippen molar-refractivity contribution in [1.29, 1.82) is 0 Å². The lowest BCUT2D eigenvalue weighted by Crippen LogP contribution is -2.28. The van der Waals surface area contributed by atoms with Gasteiger partial charge in [0, 0.05) is 28.7 Å². The van der Waals surface area contributed by atoms with E-state index in [1.54, 1.807) is 0 Å². The zero-order valence-electron chi connectivity index (χ0n) is 14.1. The molecule has 0 aliphatic heterocycles. The van der Waals surface area contributed by atoms with Crippen LogP contribution in [-0.4, -0.2) is 6.04 Å². The Bertz CT molecular complexity index is 635. The molecule has 0 bridgehead atoms. The quantitative estimate of drug-likeness (QED) is 0.676. The molecule has 1 aliphatic carbocycles. The van der Waals surface area contributed by atoms with Gasteiger partial charge in [0.1, 0.15) is 12.4 Å². The fourth-order valence-corrected chi connectivity index (χ4v) is 3.49. The minimum absolute atomic E-state index is 0.500. The Labute approximate surface area is 150 Å². The number of ether oxygens (including phenoxy) is 1. The van der Waals surface area contributed by atoms with Crippen LogP contribution in [0.2, 0.25) is 5.02 Å². The van der Waals surface area contributed by atoms with E-state index >= 15 is 0 Å². The number of nitrogens with one attached hydrogen (secondary N) is 1. The highest BCUT2D eigenvalue weighted by Crippen LogP contribution is 2.23. The Morgan fingerprint density at radius 3 is 2.29 bits per heavy atom. The molecule has 0 amide bonds. The smallest absolute Gasteiger partial charge is 0.124 e. The van der Waals surface area contributed by atoms with E-state index in [0.717, 1.165) is 22.9 Å². The van der Waals surface area contributed by atoms with Crippen molar-refractivity contribution in [2.24, 2.45) is 0 Å². The molecule has 0 unspecified atom stereocenters. The van der Waals surface area contributed by atoms with Crippen LogP contribution in [0.3, 0.4) is 0 Å². The second kappa shape index (κ2) is 9.10. The van der Waals surface area contributed by atoms with Gasteiger partial charge in [-0.25, -0.2) is 0 Å². The molecule has 0 radical (unpaired) electrons. The molecule has 1 fully saturated rings. The molecule has 0 heterocycles. The maximum atomic E-state index is 6.22. The third kappa shape index (κ3) is 4.99. The summed E-state index contributed by atoms with van der Waals surface area (Å²) in [6.07, 6.45) is 8.06. The lowest BCUT2D eigenvalue weighted by molar-refractivity contribution is 0.301. The van der Waals surface area contributed by atoms with Gasteiger partial charge in [-0.3, -0.25) is 0 Å². The zero-order chi connectivity index (χ0) is 16.6. The molecule has 0 spiro atoms. The molecule has 2 aromatic carbocycles. The topological polar surface area (TPSA) is 21.3 Å². The fraction of sp³-hybridized carbons (Fsp3) is 0.429. The van der Waals surface area contributed by atoms with Crippen LogP contribution in [0.25, 0.3) is 0 Å². The predicted molar refractivity (Wildman–Crippen MR) is 101 cm³/mol. The van der Waals surface area contributed by atoms with E-state index in [1.807, 2.05) is 36.4 Å². The highest BCUT2D eigenvalue weighted by molar-refractivity contribution is 6.31. The van der Waals surface area contributed by atoms with Crippen LogP contribution in [0.4, 0.5) is 0 Å². The molecule has 0 atom stereocenters. The summed E-state index contributed by atoms with van der Waals surface area (Å²) in [6, 6.07) is 16.8. The van der Waals surface area contributed by atoms with Crippen LogP contribution in [0.1, 0.15) is 49.7 Å². The summed E-state index contributed by atoms with van der Waals surface area (Å²) in [5.74, 6) is 0.943. The number of hydrogen-bond donors (Lipinski definition) is 1. The van der Waals surface area contributed by atoms with Crippen LogP contribution in [0, 0.1) is 0 Å². The molecule has 128 valence electrons. The molecule has 1 aliphatic rings. The molecule has 1 saturated carbocycles. The van der Waals surface area contributed by atoms with Gasteiger partial charge in [0.25, 0.3) is 0 Å². The average Bonchev–Trinajstić information content (AvgIpc) is 2.89. The van der Waals surface area contributed by atoms with Crippen molar-refractivity contribution < 1.29 is 4.74 Å². The van der Waals surface area contributed by atoms with E-state index in [4.69, 9.17) is 16.3 Å². The minimum Gasteiger partial charge on any atom is -0.489 e. The number of benzene rings is 2. The number of halogens is 1. The second-order valence-corrected chi connectivity index (χ2v) is 6.96. The Morgan fingerprint density at radius 1 is 0.875 bits per heavy atom. The normalized spacial score (nSPS) is 15.9. The van der Waals surface area contributed by atoms with Gasteiger partial charge in [0.2, 0.25) is 0 Å². The highest BCUT2D eigenvalue weighted by atomic mass is 35.5. The lowest BCUT2D eigenvalue weighted by Gasteiger charge is -2.18. The SMILES string of the molecule is Clc1ccccc1COc1ccccc1CNC1CCCCCC1. The Hall–Kier alpha value is -1.51. The summed E-state index contributed by atoms with van der Waals surface area (Å²) in [6.45, 7) is 1.36. The van der Waals surface area contributed by atoms with E-state index in [9.17, 15) is 0 Å². The van der Waals surface area contributed by atoms with Gasteiger partial charge in [-0.05, 0) is 25.0 Å². The van der Waals surface area contributed by atoms with Crippen LogP contribution in [0.15, 0.2) is 48.5 Å². The summed E-state index contributed by atoms with van der Waals surface area (Å²) >= 11 is 6.22. The largest absolute Gasteiger partial charge is 0.489 e. The van der Waals surface area contributed by atoms with Crippen molar-refractivity contribution in [3.63, 3.8) is 0 Å². The Morgan fingerprint density at radius 2 is 1.54 bits per heavy atom. The molecule has 2 aromatic rings. The summed E-state index contributed by atoms with van der Waals surface area (Å²) in [5, 5.41) is 4.48. The van der Waals surface area contributed by atoms with Crippen molar-refractivity contribution in [1.82, 2.24) is 5.32 Å². The van der Waals surface area contributed by atoms with E-state index in [1.165, 1.54) is 44.1 Å². The van der Waals surface area contributed by atoms with E-state index in [2.05, 4.69) is 17.4 Å². The fourth-order valence-electron chi connectivity index (χ4n) is 3.30. The molecule has 3 heteroatoms.